The highest BCUT2D eigenvalue weighted by Gasteiger charge is 2.19. The number of aromatic nitrogens is 2. The third-order valence-electron chi connectivity index (χ3n) is 4.66. The van der Waals surface area contributed by atoms with Crippen molar-refractivity contribution in [2.24, 2.45) is 0 Å². The summed E-state index contributed by atoms with van der Waals surface area (Å²) in [6, 6.07) is 19.4. The Morgan fingerprint density at radius 2 is 1.93 bits per heavy atom. The van der Waals surface area contributed by atoms with Crippen molar-refractivity contribution >= 4 is 28.1 Å². The molecule has 0 aliphatic heterocycles. The predicted molar refractivity (Wildman–Crippen MR) is 114 cm³/mol. The molecule has 0 radical (unpaired) electrons. The van der Waals surface area contributed by atoms with Crippen molar-refractivity contribution in [3.63, 3.8) is 0 Å². The molecule has 0 aliphatic carbocycles. The number of amides is 1. The molecule has 0 spiro atoms. The average molecular weight is 388 g/mol. The van der Waals surface area contributed by atoms with E-state index in [9.17, 15) is 4.79 Å². The normalized spacial score (nSPS) is 12.0. The number of benzene rings is 1. The van der Waals surface area contributed by atoms with E-state index in [1.807, 2.05) is 60.0 Å². The van der Waals surface area contributed by atoms with E-state index in [0.29, 0.717) is 11.3 Å². The van der Waals surface area contributed by atoms with Gasteiger partial charge in [-0.25, -0.2) is 4.98 Å². The van der Waals surface area contributed by atoms with Gasteiger partial charge in [0, 0.05) is 16.5 Å². The van der Waals surface area contributed by atoms with E-state index in [1.165, 1.54) is 4.88 Å². The van der Waals surface area contributed by atoms with Crippen molar-refractivity contribution in [2.75, 3.05) is 0 Å². The second-order valence-corrected chi connectivity index (χ2v) is 7.60. The van der Waals surface area contributed by atoms with Gasteiger partial charge >= 0.3 is 0 Å². The summed E-state index contributed by atoms with van der Waals surface area (Å²) in [7, 11) is 0. The van der Waals surface area contributed by atoms with E-state index >= 15 is 0 Å². The molecular formula is C23H21N3OS. The third kappa shape index (κ3) is 3.80. The van der Waals surface area contributed by atoms with Gasteiger partial charge in [0.25, 0.3) is 5.91 Å². The van der Waals surface area contributed by atoms with Crippen LogP contribution in [0.5, 0.6) is 0 Å². The van der Waals surface area contributed by atoms with Crippen LogP contribution in [0.2, 0.25) is 0 Å². The van der Waals surface area contributed by atoms with Crippen LogP contribution in [0.1, 0.15) is 41.0 Å². The first-order chi connectivity index (χ1) is 13.8. The lowest BCUT2D eigenvalue weighted by Crippen LogP contribution is -2.28. The molecule has 0 bridgehead atoms. The highest BCUT2D eigenvalue weighted by atomic mass is 32.1. The van der Waals surface area contributed by atoms with E-state index < -0.39 is 0 Å². The zero-order chi connectivity index (χ0) is 19.3. The summed E-state index contributed by atoms with van der Waals surface area (Å²) in [6.45, 7) is 2.13. The van der Waals surface area contributed by atoms with Gasteiger partial charge in [0.05, 0.1) is 28.5 Å². The lowest BCUT2D eigenvalue weighted by atomic mass is 10.0. The Kier molecular flexibility index (Phi) is 5.44. The summed E-state index contributed by atoms with van der Waals surface area (Å²) in [5.74, 6) is -0.0809. The number of carbonyl (C=O) groups is 1. The molecule has 3 heterocycles. The lowest BCUT2D eigenvalue weighted by molar-refractivity contribution is 0.0937. The first-order valence-electron chi connectivity index (χ1n) is 9.41. The van der Waals surface area contributed by atoms with E-state index in [1.54, 1.807) is 17.5 Å². The molecule has 0 unspecified atom stereocenters. The molecule has 3 aromatic heterocycles. The van der Waals surface area contributed by atoms with Crippen LogP contribution in [0.4, 0.5) is 0 Å². The molecule has 1 amide bonds. The first kappa shape index (κ1) is 18.3. The van der Waals surface area contributed by atoms with E-state index in [4.69, 9.17) is 4.98 Å². The Hall–Kier alpha value is -3.05. The summed E-state index contributed by atoms with van der Waals surface area (Å²) in [6.07, 6.45) is 3.64. The molecule has 0 saturated heterocycles. The fourth-order valence-electron chi connectivity index (χ4n) is 3.31. The molecule has 4 nitrogen and oxygen atoms in total. The largest absolute Gasteiger partial charge is 0.344 e. The van der Waals surface area contributed by atoms with Crippen LogP contribution in [-0.4, -0.2) is 15.9 Å². The van der Waals surface area contributed by atoms with Gasteiger partial charge in [-0.1, -0.05) is 43.7 Å². The summed E-state index contributed by atoms with van der Waals surface area (Å²) in [4.78, 5) is 23.6. The van der Waals surface area contributed by atoms with Crippen LogP contribution >= 0.6 is 11.3 Å². The number of hydrogen-bond acceptors (Lipinski definition) is 4. The Bertz CT molecular complexity index is 1080. The minimum atomic E-state index is -0.0809. The Balaban J connectivity index is 1.75. The number of rotatable bonds is 6. The predicted octanol–water partition coefficient (Wildman–Crippen LogP) is 5.63. The van der Waals surface area contributed by atoms with Gasteiger partial charge in [0.2, 0.25) is 0 Å². The van der Waals surface area contributed by atoms with E-state index in [0.717, 1.165) is 29.4 Å². The molecule has 1 aromatic carbocycles. The standard InChI is InChI=1S/C23H21N3OS/c1-2-8-20(22-12-7-14-28-22)26-23(27)17-15-21(19-11-5-6-13-24-19)25-18-10-4-3-9-16(17)18/h3-7,9-15,20H,2,8H2,1H3,(H,26,27)/t20-/m0/s1. The first-order valence-corrected chi connectivity index (χ1v) is 10.3. The summed E-state index contributed by atoms with van der Waals surface area (Å²) < 4.78 is 0. The molecule has 4 rings (SSSR count). The third-order valence-corrected chi connectivity index (χ3v) is 5.64. The van der Waals surface area contributed by atoms with Gasteiger partial charge in [-0.3, -0.25) is 9.78 Å². The van der Waals surface area contributed by atoms with Gasteiger partial charge in [-0.05, 0) is 42.1 Å². The van der Waals surface area contributed by atoms with Crippen LogP contribution in [0, 0.1) is 0 Å². The molecule has 5 heteroatoms. The van der Waals surface area contributed by atoms with Gasteiger partial charge < -0.3 is 5.32 Å². The Labute approximate surface area is 168 Å². The van der Waals surface area contributed by atoms with Crippen molar-refractivity contribution < 1.29 is 4.79 Å². The summed E-state index contributed by atoms with van der Waals surface area (Å²) in [5.41, 5.74) is 2.88. The fraction of sp³-hybridized carbons (Fsp3) is 0.174. The number of hydrogen-bond donors (Lipinski definition) is 1. The monoisotopic (exact) mass is 387 g/mol. The maximum atomic E-state index is 13.3. The van der Waals surface area contributed by atoms with Crippen LogP contribution in [0.15, 0.2) is 72.2 Å². The van der Waals surface area contributed by atoms with E-state index in [2.05, 4.69) is 23.3 Å². The highest BCUT2D eigenvalue weighted by molar-refractivity contribution is 7.10. The minimum Gasteiger partial charge on any atom is -0.344 e. The number of nitrogens with zero attached hydrogens (tertiary/aromatic N) is 2. The molecule has 1 N–H and O–H groups in total. The number of thiophene rings is 1. The van der Waals surface area contributed by atoms with Gasteiger partial charge in [-0.2, -0.15) is 0 Å². The van der Waals surface area contributed by atoms with Crippen molar-refractivity contribution in [1.82, 2.24) is 15.3 Å². The molecule has 0 aliphatic rings. The summed E-state index contributed by atoms with van der Waals surface area (Å²) >= 11 is 1.67. The molecule has 140 valence electrons. The molecule has 0 fully saturated rings. The Morgan fingerprint density at radius 1 is 1.07 bits per heavy atom. The van der Waals surface area contributed by atoms with Crippen LogP contribution in [0.25, 0.3) is 22.3 Å². The highest BCUT2D eigenvalue weighted by Crippen LogP contribution is 2.27. The van der Waals surface area contributed by atoms with Gasteiger partial charge in [-0.15, -0.1) is 11.3 Å². The van der Waals surface area contributed by atoms with Gasteiger partial charge in [0.1, 0.15) is 0 Å². The zero-order valence-electron chi connectivity index (χ0n) is 15.6. The van der Waals surface area contributed by atoms with Crippen LogP contribution in [0.3, 0.4) is 0 Å². The summed E-state index contributed by atoms with van der Waals surface area (Å²) in [5, 5.41) is 6.13. The number of fused-ring (bicyclic) bond motifs is 1. The lowest BCUT2D eigenvalue weighted by Gasteiger charge is -2.18. The minimum absolute atomic E-state index is 0.0164. The number of pyridine rings is 2. The van der Waals surface area contributed by atoms with Crippen molar-refractivity contribution in [3.05, 3.63) is 82.7 Å². The van der Waals surface area contributed by atoms with Crippen molar-refractivity contribution in [3.8, 4) is 11.4 Å². The maximum Gasteiger partial charge on any atom is 0.252 e. The van der Waals surface area contributed by atoms with Crippen LogP contribution < -0.4 is 5.32 Å². The smallest absolute Gasteiger partial charge is 0.252 e. The molecule has 4 aromatic rings. The second kappa shape index (κ2) is 8.31. The quantitative estimate of drug-likeness (QED) is 0.466. The zero-order valence-corrected chi connectivity index (χ0v) is 16.4. The second-order valence-electron chi connectivity index (χ2n) is 6.62. The van der Waals surface area contributed by atoms with Gasteiger partial charge in [0.15, 0.2) is 0 Å². The topological polar surface area (TPSA) is 54.9 Å². The number of nitrogens with one attached hydrogen (secondary N) is 1. The number of carbonyl (C=O) groups excluding carboxylic acids is 1. The van der Waals surface area contributed by atoms with E-state index in [-0.39, 0.29) is 11.9 Å². The fourth-order valence-corrected chi connectivity index (χ4v) is 4.12. The average Bonchev–Trinajstić information content (AvgIpc) is 3.28. The molecule has 1 atom stereocenters. The van der Waals surface area contributed by atoms with Crippen molar-refractivity contribution in [1.29, 1.82) is 0 Å². The number of para-hydroxylation sites is 1. The van der Waals surface area contributed by atoms with Crippen molar-refractivity contribution in [2.45, 2.75) is 25.8 Å². The molecule has 28 heavy (non-hydrogen) atoms. The maximum absolute atomic E-state index is 13.3. The molecular weight excluding hydrogens is 366 g/mol. The molecule has 0 saturated carbocycles. The Morgan fingerprint density at radius 3 is 2.68 bits per heavy atom. The SMILES string of the molecule is CCC[C@H](NC(=O)c1cc(-c2ccccn2)nc2ccccc12)c1cccs1. The van der Waals surface area contributed by atoms with Crippen LogP contribution in [-0.2, 0) is 0 Å².